The molecule has 2 aromatic heterocycles. The normalized spacial score (nSPS) is 21.6. The van der Waals surface area contributed by atoms with Crippen LogP contribution >= 0.6 is 11.3 Å². The second kappa shape index (κ2) is 18.1. The first kappa shape index (κ1) is 39.8. The lowest BCUT2D eigenvalue weighted by Gasteiger charge is -2.28. The number of rotatable bonds is 18. The predicted octanol–water partition coefficient (Wildman–Crippen LogP) is 6.29. The minimum atomic E-state index is -0.939. The van der Waals surface area contributed by atoms with Gasteiger partial charge in [0, 0.05) is 35.4 Å². The number of carboxylic acid groups (broad SMARTS) is 1. The highest BCUT2D eigenvalue weighted by Gasteiger charge is 2.43. The second-order valence-corrected chi connectivity index (χ2v) is 15.9. The number of anilines is 1. The van der Waals surface area contributed by atoms with Gasteiger partial charge in [0.15, 0.2) is 5.13 Å². The lowest BCUT2D eigenvalue weighted by Crippen LogP contribution is -2.53. The van der Waals surface area contributed by atoms with Gasteiger partial charge in [-0.15, -0.1) is 11.3 Å². The number of aliphatic carboxylic acids is 1. The van der Waals surface area contributed by atoms with Crippen LogP contribution < -0.4 is 25.8 Å². The summed E-state index contributed by atoms with van der Waals surface area (Å²) in [4.78, 5) is 62.3. The zero-order chi connectivity index (χ0) is 39.1. The fourth-order valence-electron chi connectivity index (χ4n) is 7.37. The summed E-state index contributed by atoms with van der Waals surface area (Å²) in [6, 6.07) is 5.67. The van der Waals surface area contributed by atoms with Crippen LogP contribution in [0, 0.1) is 11.8 Å². The monoisotopic (exact) mass is 776 g/mol. The number of hydrogen-bond acceptors (Lipinski definition) is 11. The Balaban J connectivity index is 1.16. The fraction of sp³-hybridized carbons (Fsp3) is 0.550. The maximum atomic E-state index is 14.3. The number of allylic oxidation sites excluding steroid dienone is 2. The maximum Gasteiger partial charge on any atom is 0.408 e. The van der Waals surface area contributed by atoms with Gasteiger partial charge in [-0.25, -0.2) is 14.8 Å². The number of methoxy groups -OCH3 is 1. The molecule has 5 atom stereocenters. The van der Waals surface area contributed by atoms with Gasteiger partial charge in [-0.1, -0.05) is 25.0 Å². The van der Waals surface area contributed by atoms with Gasteiger partial charge < -0.3 is 40.6 Å². The molecule has 15 heteroatoms. The number of pyridine rings is 1. The average molecular weight is 777 g/mol. The van der Waals surface area contributed by atoms with E-state index in [2.05, 4.69) is 10.6 Å². The summed E-state index contributed by atoms with van der Waals surface area (Å²) in [5, 5.41) is 18.7. The van der Waals surface area contributed by atoms with Crippen LogP contribution in [0.1, 0.15) is 84.5 Å². The van der Waals surface area contributed by atoms with E-state index in [1.165, 1.54) is 16.2 Å². The molecular weight excluding hydrogens is 725 g/mol. The third kappa shape index (κ3) is 10.4. The average Bonchev–Trinajstić information content (AvgIpc) is 3.46. The molecule has 296 valence electrons. The summed E-state index contributed by atoms with van der Waals surface area (Å²) in [5.41, 5.74) is 7.79. The van der Waals surface area contributed by atoms with E-state index in [1.807, 2.05) is 55.6 Å². The van der Waals surface area contributed by atoms with Crippen LogP contribution in [-0.4, -0.2) is 87.8 Å². The SMILES string of the molecule is COc1ccc2c(OC3C[C@@H](C(N)=O)N(C(=O)[C@H](CCCCC/C=C\[C@@H]4C[C@@H]4C(=O)O)NC(=O)OC4CCCC4)C3)cc(-c3csc(NC(C)C)n3)nc2c1. The lowest BCUT2D eigenvalue weighted by atomic mass is 10.0. The highest BCUT2D eigenvalue weighted by atomic mass is 32.1. The van der Waals surface area contributed by atoms with E-state index < -0.39 is 42.1 Å². The molecular formula is C40H52N6O8S. The van der Waals surface area contributed by atoms with Crippen molar-refractivity contribution in [3.05, 3.63) is 41.8 Å². The van der Waals surface area contributed by atoms with Crippen molar-refractivity contribution in [3.8, 4) is 22.9 Å². The van der Waals surface area contributed by atoms with Crippen LogP contribution in [0.5, 0.6) is 11.5 Å². The molecule has 1 saturated heterocycles. The van der Waals surface area contributed by atoms with Gasteiger partial charge in [0.1, 0.15) is 41.5 Å². The zero-order valence-electron chi connectivity index (χ0n) is 31.7. The van der Waals surface area contributed by atoms with Gasteiger partial charge in [-0.05, 0) is 83.3 Å². The van der Waals surface area contributed by atoms with Crippen LogP contribution in [0.15, 0.2) is 41.8 Å². The van der Waals surface area contributed by atoms with Crippen molar-refractivity contribution in [1.29, 1.82) is 0 Å². The zero-order valence-corrected chi connectivity index (χ0v) is 32.5. The number of hydrogen-bond donors (Lipinski definition) is 4. The molecule has 3 aliphatic rings. The molecule has 3 aromatic rings. The summed E-state index contributed by atoms with van der Waals surface area (Å²) in [7, 11) is 1.59. The first-order valence-corrected chi connectivity index (χ1v) is 20.2. The third-order valence-corrected chi connectivity index (χ3v) is 11.2. The van der Waals surface area contributed by atoms with Crippen molar-refractivity contribution in [2.45, 2.75) is 115 Å². The molecule has 3 fully saturated rings. The van der Waals surface area contributed by atoms with E-state index in [0.717, 1.165) is 55.5 Å². The number of nitrogens with zero attached hydrogens (tertiary/aromatic N) is 3. The molecule has 1 aliphatic heterocycles. The number of ether oxygens (including phenoxy) is 3. The summed E-state index contributed by atoms with van der Waals surface area (Å²) < 4.78 is 17.7. The molecule has 55 heavy (non-hydrogen) atoms. The molecule has 0 spiro atoms. The molecule has 1 aromatic carbocycles. The van der Waals surface area contributed by atoms with Crippen molar-refractivity contribution < 1.29 is 38.5 Å². The quantitative estimate of drug-likeness (QED) is 0.0838. The minimum Gasteiger partial charge on any atom is -0.497 e. The van der Waals surface area contributed by atoms with E-state index >= 15 is 0 Å². The number of primary amides is 1. The number of thiazole rings is 1. The number of nitrogens with one attached hydrogen (secondary N) is 2. The Morgan fingerprint density at radius 3 is 2.56 bits per heavy atom. The van der Waals surface area contributed by atoms with Crippen LogP contribution in [0.25, 0.3) is 22.3 Å². The predicted molar refractivity (Wildman–Crippen MR) is 209 cm³/mol. The Bertz CT molecular complexity index is 1880. The van der Waals surface area contributed by atoms with Crippen LogP contribution in [-0.2, 0) is 19.1 Å². The van der Waals surface area contributed by atoms with Crippen LogP contribution in [0.2, 0.25) is 0 Å². The summed E-state index contributed by atoms with van der Waals surface area (Å²) in [5.74, 6) is -0.833. The van der Waals surface area contributed by atoms with Gasteiger partial charge in [-0.3, -0.25) is 14.4 Å². The Morgan fingerprint density at radius 2 is 1.85 bits per heavy atom. The van der Waals surface area contributed by atoms with Crippen molar-refractivity contribution in [1.82, 2.24) is 20.2 Å². The smallest absolute Gasteiger partial charge is 0.408 e. The van der Waals surface area contributed by atoms with Crippen molar-refractivity contribution >= 4 is 51.2 Å². The van der Waals surface area contributed by atoms with Crippen LogP contribution in [0.4, 0.5) is 9.93 Å². The van der Waals surface area contributed by atoms with E-state index in [4.69, 9.17) is 35.0 Å². The number of likely N-dealkylation sites (tertiary alicyclic amines) is 1. The Hall–Kier alpha value is -4.92. The van der Waals surface area contributed by atoms with Gasteiger partial charge in [0.2, 0.25) is 11.8 Å². The molecule has 2 saturated carbocycles. The Morgan fingerprint density at radius 1 is 1.05 bits per heavy atom. The molecule has 0 radical (unpaired) electrons. The Kier molecular flexibility index (Phi) is 13.1. The number of nitrogens with two attached hydrogens (primary N) is 1. The fourth-order valence-corrected chi connectivity index (χ4v) is 8.22. The first-order valence-electron chi connectivity index (χ1n) is 19.3. The molecule has 5 N–H and O–H groups in total. The molecule has 3 amide bonds. The van der Waals surface area contributed by atoms with E-state index in [-0.39, 0.29) is 36.9 Å². The number of alkyl carbamates (subject to hydrolysis) is 1. The maximum absolute atomic E-state index is 14.3. The van der Waals surface area contributed by atoms with E-state index in [9.17, 15) is 19.2 Å². The largest absolute Gasteiger partial charge is 0.497 e. The Labute approximate surface area is 325 Å². The molecule has 14 nitrogen and oxygen atoms in total. The number of carbonyl (C=O) groups excluding carboxylic acids is 3. The van der Waals surface area contributed by atoms with Gasteiger partial charge >= 0.3 is 12.1 Å². The number of carbonyl (C=O) groups is 4. The van der Waals surface area contributed by atoms with Crippen molar-refractivity contribution in [3.63, 3.8) is 0 Å². The second-order valence-electron chi connectivity index (χ2n) is 15.0. The number of carboxylic acids is 1. The minimum absolute atomic E-state index is 0.0834. The highest BCUT2D eigenvalue weighted by Crippen LogP contribution is 2.40. The third-order valence-electron chi connectivity index (χ3n) is 10.4. The summed E-state index contributed by atoms with van der Waals surface area (Å²) in [6.07, 6.45) is 10.4. The van der Waals surface area contributed by atoms with Crippen LogP contribution in [0.3, 0.4) is 0 Å². The van der Waals surface area contributed by atoms with Gasteiger partial charge in [0.05, 0.1) is 30.8 Å². The number of aromatic nitrogens is 2. The van der Waals surface area contributed by atoms with Gasteiger partial charge in [-0.2, -0.15) is 0 Å². The van der Waals surface area contributed by atoms with Crippen molar-refractivity contribution in [2.24, 2.45) is 17.6 Å². The highest BCUT2D eigenvalue weighted by molar-refractivity contribution is 7.14. The molecule has 2 aliphatic carbocycles. The molecule has 1 unspecified atom stereocenters. The number of amides is 3. The number of fused-ring (bicyclic) bond motifs is 1. The summed E-state index contributed by atoms with van der Waals surface area (Å²) >= 11 is 1.48. The van der Waals surface area contributed by atoms with E-state index in [1.54, 1.807) is 7.11 Å². The molecule has 6 rings (SSSR count). The van der Waals surface area contributed by atoms with E-state index in [0.29, 0.717) is 47.7 Å². The van der Waals surface area contributed by atoms with Crippen molar-refractivity contribution in [2.75, 3.05) is 19.0 Å². The number of benzene rings is 1. The number of unbranched alkanes of at least 4 members (excludes halogenated alkanes) is 3. The summed E-state index contributed by atoms with van der Waals surface area (Å²) in [6.45, 7) is 4.17. The standard InChI is InChI=1S/C40H52N6O8S/c1-23(2)42-39-44-33(22-55-39)32-20-35(28-16-15-26(52-3)18-31(28)43-32)53-27-19-34(36(41)47)46(21-27)37(48)30(45-40(51)54-25-12-9-10-13-25)14-8-6-4-5-7-11-24-17-29(24)38(49)50/h7,11,15-16,18,20,22-25,27,29-30,34H,4-6,8-10,12-14,17,19,21H2,1-3H3,(H2,41,47)(H,42,44)(H,45,51)(H,49,50)/b11-7-/t24-,27?,29+,30+,34+/m1/s1. The lowest BCUT2D eigenvalue weighted by molar-refractivity contribution is -0.139. The molecule has 3 heterocycles. The first-order chi connectivity index (χ1) is 26.5. The molecule has 0 bridgehead atoms. The topological polar surface area (TPSA) is 195 Å². The van der Waals surface area contributed by atoms with Gasteiger partial charge in [0.25, 0.3) is 0 Å².